The molecule has 2 fully saturated rings. The maximum absolute atomic E-state index is 12.1. The van der Waals surface area contributed by atoms with E-state index >= 15 is 0 Å². The minimum absolute atomic E-state index is 0.262. The van der Waals surface area contributed by atoms with Crippen molar-refractivity contribution in [3.05, 3.63) is 0 Å². The molecule has 4 aliphatic rings. The smallest absolute Gasteiger partial charge is 0.325 e. The van der Waals surface area contributed by atoms with E-state index in [2.05, 4.69) is 10.1 Å². The molecule has 1 saturated heterocycles. The van der Waals surface area contributed by atoms with Crippen molar-refractivity contribution >= 4 is 24.0 Å². The van der Waals surface area contributed by atoms with Gasteiger partial charge in [-0.2, -0.15) is 5.10 Å². The Morgan fingerprint density at radius 1 is 1.41 bits per heavy atom. The fourth-order valence-corrected chi connectivity index (χ4v) is 3.39. The number of ether oxygens (including phenoxy) is 1. The number of likely N-dealkylation sites (tertiary alicyclic amines) is 1. The van der Waals surface area contributed by atoms with Gasteiger partial charge in [-0.1, -0.05) is 0 Å². The van der Waals surface area contributed by atoms with Crippen LogP contribution in [0, 0.1) is 17.8 Å². The molecule has 1 aliphatic carbocycles. The Kier molecular flexibility index (Phi) is 3.16. The van der Waals surface area contributed by atoms with Gasteiger partial charge in [0.05, 0.1) is 0 Å². The molecule has 0 bridgehead atoms. The number of amides is 1. The average molecular weight is 304 g/mol. The van der Waals surface area contributed by atoms with Crippen LogP contribution in [-0.2, 0) is 14.3 Å². The minimum atomic E-state index is -0.384. The van der Waals surface area contributed by atoms with E-state index in [0.29, 0.717) is 24.1 Å². The van der Waals surface area contributed by atoms with Gasteiger partial charge in [0.2, 0.25) is 5.91 Å². The van der Waals surface area contributed by atoms with Crippen LogP contribution in [0.5, 0.6) is 0 Å². The maximum atomic E-state index is 12.1. The summed E-state index contributed by atoms with van der Waals surface area (Å²) in [6.07, 6.45) is 4.99. The summed E-state index contributed by atoms with van der Waals surface area (Å²) in [5.74, 6) is 0.743. The number of cyclic esters (lactones) is 1. The summed E-state index contributed by atoms with van der Waals surface area (Å²) in [7, 11) is 1.81. The number of hydrogen-bond donors (Lipinski definition) is 0. The number of rotatable bonds is 3. The number of hydrogen-bond acceptors (Lipinski definition) is 6. The lowest BCUT2D eigenvalue weighted by Crippen LogP contribution is -2.40. The summed E-state index contributed by atoms with van der Waals surface area (Å²) >= 11 is 0. The molecule has 3 atom stereocenters. The molecule has 1 amide bonds. The third kappa shape index (κ3) is 2.38. The highest BCUT2D eigenvalue weighted by molar-refractivity contribution is 6.00. The normalized spacial score (nSPS) is 33.8. The molecule has 0 spiro atoms. The van der Waals surface area contributed by atoms with Crippen LogP contribution >= 0.6 is 0 Å². The van der Waals surface area contributed by atoms with Crippen LogP contribution in [0.3, 0.4) is 0 Å². The molecular formula is C15H20N4O3. The van der Waals surface area contributed by atoms with Gasteiger partial charge in [-0.25, -0.2) is 4.99 Å². The van der Waals surface area contributed by atoms with Gasteiger partial charge in [0.15, 0.2) is 12.1 Å². The van der Waals surface area contributed by atoms with Crippen molar-refractivity contribution in [3.63, 3.8) is 0 Å². The zero-order chi connectivity index (χ0) is 15.3. The molecule has 3 heterocycles. The first-order chi connectivity index (χ1) is 10.6. The van der Waals surface area contributed by atoms with Crippen LogP contribution in [0.4, 0.5) is 0 Å². The highest BCUT2D eigenvalue weighted by atomic mass is 16.5. The Balaban J connectivity index is 1.38. The monoisotopic (exact) mass is 304 g/mol. The second-order valence-electron chi connectivity index (χ2n) is 6.64. The first-order valence-electron chi connectivity index (χ1n) is 7.96. The molecule has 0 aromatic rings. The molecule has 0 aromatic heterocycles. The minimum Gasteiger partial charge on any atom is -0.411 e. The molecular weight excluding hydrogens is 284 g/mol. The fraction of sp³-hybridized carbons (Fsp3) is 0.733. The van der Waals surface area contributed by atoms with Crippen molar-refractivity contribution in [2.75, 3.05) is 20.1 Å². The lowest BCUT2D eigenvalue weighted by molar-refractivity contribution is -0.140. The Morgan fingerprint density at radius 3 is 3.00 bits per heavy atom. The van der Waals surface area contributed by atoms with Crippen molar-refractivity contribution in [2.24, 2.45) is 27.8 Å². The molecule has 3 aliphatic heterocycles. The molecule has 0 radical (unpaired) electrons. The summed E-state index contributed by atoms with van der Waals surface area (Å²) in [5, 5.41) is 5.80. The number of hydrazone groups is 1. The topological polar surface area (TPSA) is 74.6 Å². The lowest BCUT2D eigenvalue weighted by Gasteiger charge is -2.26. The summed E-state index contributed by atoms with van der Waals surface area (Å²) in [6.45, 7) is 1.57. The van der Waals surface area contributed by atoms with E-state index in [1.165, 1.54) is 0 Å². The molecule has 7 heteroatoms. The molecule has 0 aromatic carbocycles. The van der Waals surface area contributed by atoms with Gasteiger partial charge < -0.3 is 9.64 Å². The Morgan fingerprint density at radius 2 is 2.23 bits per heavy atom. The second-order valence-corrected chi connectivity index (χ2v) is 6.64. The van der Waals surface area contributed by atoms with Gasteiger partial charge in [-0.15, -0.1) is 0 Å². The van der Waals surface area contributed by atoms with E-state index in [9.17, 15) is 9.59 Å². The molecule has 1 saturated carbocycles. The van der Waals surface area contributed by atoms with E-state index in [4.69, 9.17) is 4.74 Å². The van der Waals surface area contributed by atoms with Gasteiger partial charge in [0.1, 0.15) is 5.92 Å². The predicted molar refractivity (Wildman–Crippen MR) is 79.1 cm³/mol. The number of carbonyl (C=O) groups excluding carboxylic acids is 2. The Bertz CT molecular complexity index is 569. The molecule has 2 unspecified atom stereocenters. The SMILES string of the molecule is CN1N=CC2C(=O)OC(C[C@@H]3CCN(C(=O)C4CC4)C3)=NC21. The largest absolute Gasteiger partial charge is 0.411 e. The first kappa shape index (κ1) is 13.7. The third-order valence-corrected chi connectivity index (χ3v) is 4.87. The fourth-order valence-electron chi connectivity index (χ4n) is 3.39. The van der Waals surface area contributed by atoms with Crippen molar-refractivity contribution in [1.29, 1.82) is 0 Å². The summed E-state index contributed by atoms with van der Waals surface area (Å²) in [5.41, 5.74) is 0. The van der Waals surface area contributed by atoms with Crippen LogP contribution in [0.1, 0.15) is 25.7 Å². The molecule has 118 valence electrons. The van der Waals surface area contributed by atoms with Crippen LogP contribution in [0.15, 0.2) is 10.1 Å². The van der Waals surface area contributed by atoms with Crippen LogP contribution in [0.2, 0.25) is 0 Å². The summed E-state index contributed by atoms with van der Waals surface area (Å²) < 4.78 is 5.36. The maximum Gasteiger partial charge on any atom is 0.325 e. The van der Waals surface area contributed by atoms with E-state index < -0.39 is 0 Å². The number of aliphatic imine (C=N–C) groups is 1. The first-order valence-corrected chi connectivity index (χ1v) is 7.96. The zero-order valence-corrected chi connectivity index (χ0v) is 12.6. The van der Waals surface area contributed by atoms with Crippen LogP contribution < -0.4 is 0 Å². The van der Waals surface area contributed by atoms with Gasteiger partial charge in [-0.05, 0) is 25.2 Å². The van der Waals surface area contributed by atoms with Gasteiger partial charge in [0, 0.05) is 38.7 Å². The van der Waals surface area contributed by atoms with E-state index in [1.54, 1.807) is 11.2 Å². The van der Waals surface area contributed by atoms with Gasteiger partial charge in [-0.3, -0.25) is 14.6 Å². The summed E-state index contributed by atoms with van der Waals surface area (Å²) in [4.78, 5) is 30.6. The van der Waals surface area contributed by atoms with Crippen LogP contribution in [0.25, 0.3) is 0 Å². The molecule has 22 heavy (non-hydrogen) atoms. The van der Waals surface area contributed by atoms with E-state index in [1.807, 2.05) is 11.9 Å². The summed E-state index contributed by atoms with van der Waals surface area (Å²) in [6, 6.07) is 0. The standard InChI is InChI=1S/C15H20N4O3/c1-18-13-11(7-16-18)15(21)22-12(17-13)6-9-4-5-19(8-9)14(20)10-2-3-10/h7,9-11,13H,2-6,8H2,1H3/t9-,11?,13?/m0/s1. The highest BCUT2D eigenvalue weighted by Gasteiger charge is 2.41. The number of esters is 1. The molecule has 0 N–H and O–H groups in total. The van der Waals surface area contributed by atoms with Crippen LogP contribution in [-0.4, -0.2) is 60.2 Å². The second kappa shape index (κ2) is 5.07. The Hall–Kier alpha value is -1.92. The molecule has 7 nitrogen and oxygen atoms in total. The van der Waals surface area contributed by atoms with Crippen molar-refractivity contribution in [1.82, 2.24) is 9.91 Å². The molecule has 4 rings (SSSR count). The van der Waals surface area contributed by atoms with Crippen molar-refractivity contribution in [3.8, 4) is 0 Å². The Labute approximate surface area is 129 Å². The average Bonchev–Trinajstić information content (AvgIpc) is 3.14. The highest BCUT2D eigenvalue weighted by Crippen LogP contribution is 2.34. The van der Waals surface area contributed by atoms with Gasteiger partial charge in [0.25, 0.3) is 0 Å². The number of carbonyl (C=O) groups is 2. The van der Waals surface area contributed by atoms with Crippen molar-refractivity contribution < 1.29 is 14.3 Å². The van der Waals surface area contributed by atoms with Crippen molar-refractivity contribution in [2.45, 2.75) is 31.8 Å². The van der Waals surface area contributed by atoms with E-state index in [-0.39, 0.29) is 24.0 Å². The van der Waals surface area contributed by atoms with Gasteiger partial charge >= 0.3 is 5.97 Å². The lowest BCUT2D eigenvalue weighted by atomic mass is 10.0. The zero-order valence-electron chi connectivity index (χ0n) is 12.6. The quantitative estimate of drug-likeness (QED) is 0.710. The predicted octanol–water partition coefficient (Wildman–Crippen LogP) is 0.464. The number of fused-ring (bicyclic) bond motifs is 1. The third-order valence-electron chi connectivity index (χ3n) is 4.87. The van der Waals surface area contributed by atoms with E-state index in [0.717, 1.165) is 32.4 Å². The number of nitrogens with zero attached hydrogens (tertiary/aromatic N) is 4.